The molecule has 374 valence electrons. The normalized spacial score (nSPS) is 24.7. The largest absolute Gasteiger partial charge is 0.474 e. The number of ether oxygens (including phenoxy) is 1. The summed E-state index contributed by atoms with van der Waals surface area (Å²) in [5.41, 5.74) is 12.0. The van der Waals surface area contributed by atoms with Crippen LogP contribution in [0.3, 0.4) is 0 Å². The Hall–Kier alpha value is -6.42. The minimum Gasteiger partial charge on any atom is -0.474 e. The van der Waals surface area contributed by atoms with E-state index in [0.29, 0.717) is 65.6 Å². The Labute approximate surface area is 415 Å². The lowest BCUT2D eigenvalue weighted by atomic mass is 9.88. The van der Waals surface area contributed by atoms with E-state index in [1.165, 1.54) is 4.57 Å². The molecule has 3 amide bonds. The average molecular weight is 1010 g/mol. The minimum absolute atomic E-state index is 0.0151. The van der Waals surface area contributed by atoms with Gasteiger partial charge in [-0.15, -0.1) is 11.3 Å². The highest BCUT2D eigenvalue weighted by atomic mass is 32.2. The Morgan fingerprint density at radius 2 is 1.89 bits per heavy atom. The zero-order valence-electron chi connectivity index (χ0n) is 40.5. The van der Waals surface area contributed by atoms with E-state index in [1.807, 2.05) is 45.0 Å². The summed E-state index contributed by atoms with van der Waals surface area (Å²) in [6, 6.07) is 10.2. The monoisotopic (exact) mass is 1010 g/mol. The van der Waals surface area contributed by atoms with Gasteiger partial charge in [0.15, 0.2) is 21.1 Å². The fourth-order valence-electron chi connectivity index (χ4n) is 11.2. The van der Waals surface area contributed by atoms with Crippen LogP contribution in [-0.4, -0.2) is 142 Å². The smallest absolute Gasteiger partial charge is 0.260 e. The molecule has 0 bridgehead atoms. The number of carbonyl (C=O) groups excluding carboxylic acids is 3. The number of hydrogen-bond donors (Lipinski definition) is 4. The van der Waals surface area contributed by atoms with Crippen molar-refractivity contribution in [3.63, 3.8) is 0 Å². The summed E-state index contributed by atoms with van der Waals surface area (Å²) in [4.78, 5) is 72.0. The number of hydrogen-bond acceptors (Lipinski definition) is 16. The van der Waals surface area contributed by atoms with E-state index in [-0.39, 0.29) is 72.0 Å². The second kappa shape index (κ2) is 18.3. The molecule has 0 radical (unpaired) electrons. The van der Waals surface area contributed by atoms with Gasteiger partial charge in [-0.2, -0.15) is 0 Å². The average Bonchev–Trinajstić information content (AvgIpc) is 4.19. The molecule has 5 aliphatic heterocycles. The number of primary amides is 1. The maximum atomic E-state index is 14.5. The van der Waals surface area contributed by atoms with E-state index in [1.54, 1.807) is 60.2 Å². The van der Waals surface area contributed by atoms with Crippen LogP contribution in [0.1, 0.15) is 74.1 Å². The molecule has 4 aromatic rings. The van der Waals surface area contributed by atoms with Crippen LogP contribution in [0, 0.1) is 12.8 Å². The molecule has 2 saturated heterocycles. The van der Waals surface area contributed by atoms with Crippen molar-refractivity contribution in [2.75, 3.05) is 51.3 Å². The summed E-state index contributed by atoms with van der Waals surface area (Å²) in [7, 11) is -2.00. The lowest BCUT2D eigenvalue weighted by Gasteiger charge is -2.40. The highest BCUT2D eigenvalue weighted by molar-refractivity contribution is 7.91. The Bertz CT molecular complexity index is 3150. The topological polar surface area (TPSA) is 248 Å². The van der Waals surface area contributed by atoms with Crippen LogP contribution >= 0.6 is 11.3 Å². The summed E-state index contributed by atoms with van der Waals surface area (Å²) in [6.45, 7) is 10.4. The number of rotatable bonds is 14. The zero-order valence-corrected chi connectivity index (χ0v) is 42.1. The number of thiazole rings is 1. The number of nitrogens with zero attached hydrogens (tertiary/aromatic N) is 7. The molecule has 6 aliphatic rings. The van der Waals surface area contributed by atoms with Gasteiger partial charge < -0.3 is 45.1 Å². The molecule has 1 aliphatic carbocycles. The molecule has 1 aromatic carbocycles. The second-order valence-electron chi connectivity index (χ2n) is 20.0. The third kappa shape index (κ3) is 8.69. The first-order valence-corrected chi connectivity index (χ1v) is 26.9. The molecule has 3 aromatic heterocycles. The lowest BCUT2D eigenvalue weighted by molar-refractivity contribution is -0.134. The van der Waals surface area contributed by atoms with Crippen LogP contribution in [-0.2, 0) is 36.8 Å². The predicted molar refractivity (Wildman–Crippen MR) is 267 cm³/mol. The Morgan fingerprint density at radius 3 is 2.59 bits per heavy atom. The molecular formula is C50H58N10O9S2. The number of aliphatic imine (C=N–C) groups is 1. The molecule has 0 saturated carbocycles. The number of nitrogens with two attached hydrogens (primary N) is 1. The first kappa shape index (κ1) is 48.2. The number of amides is 3. The summed E-state index contributed by atoms with van der Waals surface area (Å²) in [5.74, 6) is -1.96. The predicted octanol–water partition coefficient (Wildman–Crippen LogP) is 2.67. The molecule has 71 heavy (non-hydrogen) atoms. The first-order chi connectivity index (χ1) is 33.8. The summed E-state index contributed by atoms with van der Waals surface area (Å²) >= 11 is 1.55. The van der Waals surface area contributed by atoms with Gasteiger partial charge in [-0.05, 0) is 66.1 Å². The van der Waals surface area contributed by atoms with Crippen molar-refractivity contribution >= 4 is 56.0 Å². The number of β-amino-alcohol motifs (C(OH)–C–C–N with tert-alkyl or cyclic N) is 1. The number of carbonyl (C=O) groups is 3. The van der Waals surface area contributed by atoms with Crippen LogP contribution in [0.15, 0.2) is 85.3 Å². The van der Waals surface area contributed by atoms with Crippen molar-refractivity contribution in [2.24, 2.45) is 23.7 Å². The molecule has 19 nitrogen and oxygen atoms in total. The number of pyridine rings is 1. The van der Waals surface area contributed by atoms with Crippen molar-refractivity contribution in [2.45, 2.75) is 82.6 Å². The molecular weight excluding hydrogens is 949 g/mol. The SMILES string of the molecule is Cc1ncsc1-c1ccc([C@]2(C)N=C([C@@H]3C[C@@H](O)CN3C(=O)[C@H](c3cc(OCCN4CC[C@H](N5CCC6NC=C7C(C(N)=O)=C(CS(C)(=O)=O)c8ccn(C)c(=O)c8C5=C76)C4)no3)C(C)C)NC2=O)cc1. The van der Waals surface area contributed by atoms with Crippen molar-refractivity contribution in [3.05, 3.63) is 110 Å². The standard InChI is InChI=1S/C50H58N10O9S2/c1-26(2)39(48(64)60-23-31(61)19-36(60)46-54-49(65)50(4,55-46)29-9-7-28(8-10-29)44-27(3)53-25-70-44)37-20-38(56-69-37)68-18-17-58-15-11-30(22-58)59-16-13-35-41-33(21-52-35)40(45(51)62)34(24-71(6,66)67)32-12-14-57(5)47(63)42(32)43(41)59/h7-10,12,14,20-21,25-26,30-31,35-36,39,52,61H,11,13,15-19,22-24H2,1-6H3,(H2,51,62)(H,54,55,65)/t30-,31+,35?,36-,39-,50-/m0/s1. The second-order valence-corrected chi connectivity index (χ2v) is 23.0. The Balaban J connectivity index is 0.816. The fraction of sp³-hybridized carbons (Fsp3) is 0.460. The van der Waals surface area contributed by atoms with Gasteiger partial charge in [0.2, 0.25) is 11.8 Å². The number of amidine groups is 1. The number of nitrogens with one attached hydrogen (secondary N) is 2. The number of likely N-dealkylation sites (tertiary alicyclic amines) is 2. The molecule has 21 heteroatoms. The number of aryl methyl sites for hydroxylation is 2. The fourth-order valence-corrected chi connectivity index (χ4v) is 12.9. The van der Waals surface area contributed by atoms with Crippen LogP contribution < -0.4 is 26.7 Å². The van der Waals surface area contributed by atoms with E-state index < -0.39 is 45.1 Å². The minimum atomic E-state index is -3.65. The van der Waals surface area contributed by atoms with Gasteiger partial charge in [-0.3, -0.25) is 24.1 Å². The number of benzene rings is 1. The summed E-state index contributed by atoms with van der Waals surface area (Å²) in [5, 5.41) is 21.5. The van der Waals surface area contributed by atoms with E-state index in [9.17, 15) is 32.7 Å². The highest BCUT2D eigenvalue weighted by Gasteiger charge is 2.49. The first-order valence-electron chi connectivity index (χ1n) is 23.9. The van der Waals surface area contributed by atoms with Crippen molar-refractivity contribution < 1.29 is 37.2 Å². The van der Waals surface area contributed by atoms with Gasteiger partial charge >= 0.3 is 0 Å². The van der Waals surface area contributed by atoms with Crippen LogP contribution in [0.5, 0.6) is 5.88 Å². The summed E-state index contributed by atoms with van der Waals surface area (Å²) in [6.07, 6.45) is 5.26. The molecule has 5 N–H and O–H groups in total. The van der Waals surface area contributed by atoms with Crippen LogP contribution in [0.4, 0.5) is 0 Å². The van der Waals surface area contributed by atoms with Crippen molar-refractivity contribution in [1.82, 2.24) is 40.0 Å². The maximum absolute atomic E-state index is 14.5. The van der Waals surface area contributed by atoms with E-state index in [0.717, 1.165) is 40.9 Å². The molecule has 6 atom stereocenters. The Kier molecular flexibility index (Phi) is 12.4. The molecule has 8 heterocycles. The summed E-state index contributed by atoms with van der Waals surface area (Å²) < 4.78 is 39.1. The van der Waals surface area contributed by atoms with E-state index in [2.05, 4.69) is 30.6 Å². The van der Waals surface area contributed by atoms with Crippen LogP contribution in [0.2, 0.25) is 0 Å². The number of aromatic nitrogens is 3. The Morgan fingerprint density at radius 1 is 1.11 bits per heavy atom. The van der Waals surface area contributed by atoms with Crippen LogP contribution in [0.25, 0.3) is 21.7 Å². The third-order valence-electron chi connectivity index (χ3n) is 14.8. The quantitative estimate of drug-likeness (QED) is 0.142. The van der Waals surface area contributed by atoms with Gasteiger partial charge in [-0.25, -0.2) is 18.4 Å². The van der Waals surface area contributed by atoms with Gasteiger partial charge in [0.05, 0.1) is 56.9 Å². The number of aliphatic hydroxyl groups is 1. The number of fused-ring (bicyclic) bond motifs is 2. The van der Waals surface area contributed by atoms with Crippen molar-refractivity contribution in [3.8, 4) is 16.3 Å². The number of sulfone groups is 1. The van der Waals surface area contributed by atoms with E-state index in [4.69, 9.17) is 20.0 Å². The van der Waals surface area contributed by atoms with Gasteiger partial charge in [0.25, 0.3) is 17.3 Å². The van der Waals surface area contributed by atoms with E-state index >= 15 is 0 Å². The maximum Gasteiger partial charge on any atom is 0.260 e. The molecule has 10 rings (SSSR count). The van der Waals surface area contributed by atoms with Gasteiger partial charge in [-0.1, -0.05) is 38.1 Å². The van der Waals surface area contributed by atoms with Crippen molar-refractivity contribution in [1.29, 1.82) is 0 Å². The highest BCUT2D eigenvalue weighted by Crippen LogP contribution is 2.47. The molecule has 0 spiro atoms. The number of aliphatic hydroxyl groups excluding tert-OH is 1. The van der Waals surface area contributed by atoms with Gasteiger partial charge in [0.1, 0.15) is 18.4 Å². The van der Waals surface area contributed by atoms with Gasteiger partial charge in [0, 0.05) is 88.1 Å². The lowest BCUT2D eigenvalue weighted by Crippen LogP contribution is -2.48. The zero-order chi connectivity index (χ0) is 50.3. The third-order valence-corrected chi connectivity index (χ3v) is 16.6. The molecule has 1 unspecified atom stereocenters. The molecule has 2 fully saturated rings.